The van der Waals surface area contributed by atoms with Gasteiger partial charge in [0.15, 0.2) is 0 Å². The molecule has 8 nitrogen and oxygen atoms in total. The average Bonchev–Trinajstić information content (AvgIpc) is 2.96. The number of hydrogen-bond acceptors (Lipinski definition) is 6. The minimum Gasteiger partial charge on any atom is -0.398 e. The van der Waals surface area contributed by atoms with E-state index in [1.807, 2.05) is 0 Å². The molecule has 1 aromatic rings. The lowest BCUT2D eigenvalue weighted by molar-refractivity contribution is -0.138. The quantitative estimate of drug-likeness (QED) is 0.460. The molecule has 0 aromatic heterocycles. The Morgan fingerprint density at radius 3 is 2.41 bits per heavy atom. The molecule has 0 unspecified atom stereocenters. The van der Waals surface area contributed by atoms with E-state index in [0.717, 1.165) is 17.0 Å². The van der Waals surface area contributed by atoms with Gasteiger partial charge in [-0.2, -0.15) is 13.2 Å². The van der Waals surface area contributed by atoms with E-state index in [-0.39, 0.29) is 29.7 Å². The summed E-state index contributed by atoms with van der Waals surface area (Å²) in [5.41, 5.74) is 12.0. The van der Waals surface area contributed by atoms with E-state index in [1.165, 1.54) is 31.3 Å². The number of amides is 3. The number of allylic oxidation sites excluding steroid dienone is 2. The fourth-order valence-corrected chi connectivity index (χ4v) is 3.49. The molecule has 1 aromatic carbocycles. The summed E-state index contributed by atoms with van der Waals surface area (Å²) in [6, 6.07) is 4.30. The van der Waals surface area contributed by atoms with Crippen LogP contribution in [0.15, 0.2) is 53.5 Å². The van der Waals surface area contributed by atoms with Gasteiger partial charge in [0, 0.05) is 24.9 Å². The first-order chi connectivity index (χ1) is 15.0. The molecule has 3 amide bonds. The molecular formula is C21H22F3N5O3. The minimum absolute atomic E-state index is 0.0398. The Labute approximate surface area is 182 Å². The molecule has 0 saturated carbocycles. The minimum atomic E-state index is -4.44. The normalized spacial score (nSPS) is 17.8. The van der Waals surface area contributed by atoms with Crippen LogP contribution in [0.1, 0.15) is 24.0 Å². The van der Waals surface area contributed by atoms with Crippen LogP contribution < -0.4 is 16.8 Å². The number of rotatable bonds is 5. The fraction of sp³-hybridized carbons (Fsp3) is 0.286. The molecule has 0 atom stereocenters. The number of nitrogens with one attached hydrogen (secondary N) is 1. The van der Waals surface area contributed by atoms with Crippen molar-refractivity contribution in [1.29, 1.82) is 0 Å². The van der Waals surface area contributed by atoms with E-state index in [4.69, 9.17) is 11.5 Å². The molecule has 32 heavy (non-hydrogen) atoms. The van der Waals surface area contributed by atoms with Crippen LogP contribution in [0.3, 0.4) is 0 Å². The van der Waals surface area contributed by atoms with Gasteiger partial charge in [-0.05, 0) is 42.7 Å². The zero-order chi connectivity index (χ0) is 23.6. The van der Waals surface area contributed by atoms with Gasteiger partial charge >= 0.3 is 6.18 Å². The predicted octanol–water partition coefficient (Wildman–Crippen LogP) is 1.27. The topological polar surface area (TPSA) is 122 Å². The van der Waals surface area contributed by atoms with Crippen molar-refractivity contribution in [3.05, 3.63) is 64.6 Å². The Morgan fingerprint density at radius 2 is 1.78 bits per heavy atom. The number of imide groups is 1. The van der Waals surface area contributed by atoms with Crippen LogP contribution >= 0.6 is 0 Å². The van der Waals surface area contributed by atoms with E-state index < -0.39 is 23.6 Å². The standard InChI is InChI=1S/C21H22F3N5O3/c1-28-19(31)14-3-2-10-29(18(14)20(28)32)11-17(30)27-16(26)9-8-15(25)12-4-6-13(7-5-12)21(22,23)24/h4-9H,2-3,10-11,25-26H2,1H3,(H,27,30)/b15-8-,16-9+. The maximum Gasteiger partial charge on any atom is 0.416 e. The zero-order valence-corrected chi connectivity index (χ0v) is 17.2. The smallest absolute Gasteiger partial charge is 0.398 e. The Hall–Kier alpha value is -3.76. The van der Waals surface area contributed by atoms with Gasteiger partial charge in [-0.25, -0.2) is 0 Å². The lowest BCUT2D eigenvalue weighted by Gasteiger charge is -2.28. The number of nitrogens with zero attached hydrogens (tertiary/aromatic N) is 2. The highest BCUT2D eigenvalue weighted by molar-refractivity contribution is 6.19. The van der Waals surface area contributed by atoms with Gasteiger partial charge < -0.3 is 21.7 Å². The van der Waals surface area contributed by atoms with Gasteiger partial charge in [-0.15, -0.1) is 0 Å². The summed E-state index contributed by atoms with van der Waals surface area (Å²) in [4.78, 5) is 39.4. The number of hydrogen-bond donors (Lipinski definition) is 3. The van der Waals surface area contributed by atoms with E-state index in [9.17, 15) is 27.6 Å². The molecule has 0 bridgehead atoms. The molecule has 2 heterocycles. The van der Waals surface area contributed by atoms with E-state index in [2.05, 4.69) is 5.32 Å². The van der Waals surface area contributed by atoms with E-state index >= 15 is 0 Å². The SMILES string of the molecule is CN1C(=O)C2=C(C1=O)N(CC(=O)N/C(N)=C/C=C(\N)c1ccc(C(F)(F)F)cc1)CCC2. The Balaban J connectivity index is 1.63. The Morgan fingerprint density at radius 1 is 1.12 bits per heavy atom. The molecule has 5 N–H and O–H groups in total. The molecule has 0 saturated heterocycles. The maximum absolute atomic E-state index is 12.6. The first-order valence-corrected chi connectivity index (χ1v) is 9.70. The molecule has 3 rings (SSSR count). The molecule has 0 radical (unpaired) electrons. The highest BCUT2D eigenvalue weighted by Crippen LogP contribution is 2.31. The number of likely N-dealkylation sites (N-methyl/N-ethyl adjacent to an activating group) is 1. The van der Waals surface area contributed by atoms with E-state index in [0.29, 0.717) is 30.5 Å². The van der Waals surface area contributed by atoms with Crippen molar-refractivity contribution in [1.82, 2.24) is 15.1 Å². The lowest BCUT2D eigenvalue weighted by Crippen LogP contribution is -2.41. The molecule has 2 aliphatic rings. The van der Waals surface area contributed by atoms with Crippen LogP contribution in [0.4, 0.5) is 13.2 Å². The molecular weight excluding hydrogens is 427 g/mol. The van der Waals surface area contributed by atoms with Crippen molar-refractivity contribution in [2.24, 2.45) is 11.5 Å². The summed E-state index contributed by atoms with van der Waals surface area (Å²) in [5, 5.41) is 2.46. The van der Waals surface area contributed by atoms with Crippen LogP contribution in [-0.2, 0) is 20.6 Å². The molecule has 170 valence electrons. The first-order valence-electron chi connectivity index (χ1n) is 9.70. The highest BCUT2D eigenvalue weighted by atomic mass is 19.4. The Kier molecular flexibility index (Phi) is 6.28. The van der Waals surface area contributed by atoms with Crippen molar-refractivity contribution in [2.75, 3.05) is 20.1 Å². The first kappa shape index (κ1) is 22.9. The maximum atomic E-state index is 12.6. The lowest BCUT2D eigenvalue weighted by atomic mass is 10.0. The number of alkyl halides is 3. The summed E-state index contributed by atoms with van der Waals surface area (Å²) in [6.07, 6.45) is -0.657. The van der Waals surface area contributed by atoms with Crippen LogP contribution in [0.25, 0.3) is 5.70 Å². The third-order valence-corrected chi connectivity index (χ3v) is 5.13. The van der Waals surface area contributed by atoms with Crippen molar-refractivity contribution >= 4 is 23.4 Å². The van der Waals surface area contributed by atoms with Crippen LogP contribution in [0, 0.1) is 0 Å². The second-order valence-electron chi connectivity index (χ2n) is 7.39. The number of carbonyl (C=O) groups excluding carboxylic acids is 3. The summed E-state index contributed by atoms with van der Waals surface area (Å²) in [7, 11) is 1.40. The summed E-state index contributed by atoms with van der Waals surface area (Å²) < 4.78 is 37.9. The van der Waals surface area contributed by atoms with Gasteiger partial charge in [0.05, 0.1) is 12.1 Å². The molecule has 11 heteroatoms. The fourth-order valence-electron chi connectivity index (χ4n) is 3.49. The number of nitrogens with two attached hydrogens (primary N) is 2. The summed E-state index contributed by atoms with van der Waals surface area (Å²) in [5.74, 6) is -1.32. The third kappa shape index (κ3) is 4.76. The van der Waals surface area contributed by atoms with Gasteiger partial charge in [0.1, 0.15) is 11.5 Å². The number of halogens is 3. The second-order valence-corrected chi connectivity index (χ2v) is 7.39. The average molecular weight is 449 g/mol. The largest absolute Gasteiger partial charge is 0.416 e. The zero-order valence-electron chi connectivity index (χ0n) is 17.2. The van der Waals surface area contributed by atoms with Crippen molar-refractivity contribution in [3.8, 4) is 0 Å². The van der Waals surface area contributed by atoms with Gasteiger partial charge in [0.2, 0.25) is 5.91 Å². The Bertz CT molecular complexity index is 1040. The van der Waals surface area contributed by atoms with Crippen LogP contribution in [0.2, 0.25) is 0 Å². The van der Waals surface area contributed by atoms with Crippen molar-refractivity contribution in [2.45, 2.75) is 19.0 Å². The second kappa shape index (κ2) is 8.77. The third-order valence-electron chi connectivity index (χ3n) is 5.13. The van der Waals surface area contributed by atoms with Gasteiger partial charge in [-0.3, -0.25) is 19.3 Å². The predicted molar refractivity (Wildman–Crippen MR) is 110 cm³/mol. The van der Waals surface area contributed by atoms with Crippen LogP contribution in [0.5, 0.6) is 0 Å². The number of carbonyl (C=O) groups is 3. The van der Waals surface area contributed by atoms with E-state index in [1.54, 1.807) is 4.90 Å². The van der Waals surface area contributed by atoms with Gasteiger partial charge in [-0.1, -0.05) is 12.1 Å². The monoisotopic (exact) mass is 449 g/mol. The summed E-state index contributed by atoms with van der Waals surface area (Å²) in [6.45, 7) is 0.280. The molecule has 2 aliphatic heterocycles. The molecule has 0 aliphatic carbocycles. The van der Waals surface area contributed by atoms with Crippen LogP contribution in [-0.4, -0.2) is 47.7 Å². The summed E-state index contributed by atoms with van der Waals surface area (Å²) >= 11 is 0. The van der Waals surface area contributed by atoms with Crippen molar-refractivity contribution < 1.29 is 27.6 Å². The molecule has 0 spiro atoms. The van der Waals surface area contributed by atoms with Crippen molar-refractivity contribution in [3.63, 3.8) is 0 Å². The van der Waals surface area contributed by atoms with Gasteiger partial charge in [0.25, 0.3) is 11.8 Å². The highest BCUT2D eigenvalue weighted by Gasteiger charge is 2.40. The molecule has 0 fully saturated rings. The number of benzene rings is 1.